The van der Waals surface area contributed by atoms with Crippen LogP contribution in [-0.2, 0) is 9.53 Å². The van der Waals surface area contributed by atoms with E-state index in [-0.39, 0.29) is 18.6 Å². The molecule has 1 aliphatic rings. The Balaban J connectivity index is 1.81. The summed E-state index contributed by atoms with van der Waals surface area (Å²) in [6, 6.07) is 5.72. The van der Waals surface area contributed by atoms with Crippen LogP contribution in [0, 0.1) is 19.8 Å². The SMILES string of the molecule is Cc1cccc(C(=O)OCC(=O)NC2CCC(C)CC2)c1C. The van der Waals surface area contributed by atoms with E-state index in [1.165, 1.54) is 0 Å². The van der Waals surface area contributed by atoms with Gasteiger partial charge in [0, 0.05) is 6.04 Å². The van der Waals surface area contributed by atoms with Crippen molar-refractivity contribution in [1.82, 2.24) is 5.32 Å². The lowest BCUT2D eigenvalue weighted by Gasteiger charge is -2.26. The van der Waals surface area contributed by atoms with E-state index < -0.39 is 5.97 Å². The molecule has 1 saturated carbocycles. The van der Waals surface area contributed by atoms with Crippen molar-refractivity contribution < 1.29 is 14.3 Å². The second-order valence-corrected chi connectivity index (χ2v) is 6.35. The number of hydrogen-bond donors (Lipinski definition) is 1. The highest BCUT2D eigenvalue weighted by Crippen LogP contribution is 2.23. The van der Waals surface area contributed by atoms with Crippen LogP contribution in [0.25, 0.3) is 0 Å². The third-order valence-electron chi connectivity index (χ3n) is 4.54. The van der Waals surface area contributed by atoms with Gasteiger partial charge in [0.05, 0.1) is 5.56 Å². The minimum atomic E-state index is -0.436. The van der Waals surface area contributed by atoms with Gasteiger partial charge in [-0.25, -0.2) is 4.79 Å². The first-order valence-corrected chi connectivity index (χ1v) is 8.00. The predicted molar refractivity (Wildman–Crippen MR) is 85.8 cm³/mol. The zero-order valence-corrected chi connectivity index (χ0v) is 13.6. The second-order valence-electron chi connectivity index (χ2n) is 6.35. The highest BCUT2D eigenvalue weighted by atomic mass is 16.5. The molecule has 0 unspecified atom stereocenters. The zero-order chi connectivity index (χ0) is 16.1. The Bertz CT molecular complexity index is 545. The molecule has 120 valence electrons. The second kappa shape index (κ2) is 7.43. The Labute approximate surface area is 132 Å². The fourth-order valence-electron chi connectivity index (χ4n) is 2.85. The standard InChI is InChI=1S/C18H25NO3/c1-12-7-9-15(10-8-12)19-17(20)11-22-18(21)16-6-4-5-13(2)14(16)3/h4-6,12,15H,7-11H2,1-3H3,(H,19,20). The molecular formula is C18H25NO3. The lowest BCUT2D eigenvalue weighted by molar-refractivity contribution is -0.125. The van der Waals surface area contributed by atoms with E-state index in [0.717, 1.165) is 42.7 Å². The lowest BCUT2D eigenvalue weighted by Crippen LogP contribution is -2.39. The van der Waals surface area contributed by atoms with E-state index in [1.54, 1.807) is 6.07 Å². The molecule has 2 rings (SSSR count). The van der Waals surface area contributed by atoms with E-state index in [4.69, 9.17) is 4.74 Å². The zero-order valence-electron chi connectivity index (χ0n) is 13.6. The van der Waals surface area contributed by atoms with Gasteiger partial charge < -0.3 is 10.1 Å². The maximum absolute atomic E-state index is 12.1. The Morgan fingerprint density at radius 1 is 1.18 bits per heavy atom. The lowest BCUT2D eigenvalue weighted by atomic mass is 9.87. The summed E-state index contributed by atoms with van der Waals surface area (Å²) in [5.41, 5.74) is 2.46. The molecule has 0 atom stereocenters. The molecule has 1 aromatic carbocycles. The van der Waals surface area contributed by atoms with Crippen molar-refractivity contribution in [2.75, 3.05) is 6.61 Å². The molecular weight excluding hydrogens is 278 g/mol. The molecule has 4 heteroatoms. The highest BCUT2D eigenvalue weighted by Gasteiger charge is 2.20. The third-order valence-corrected chi connectivity index (χ3v) is 4.54. The van der Waals surface area contributed by atoms with Gasteiger partial charge >= 0.3 is 5.97 Å². The molecule has 1 amide bonds. The maximum Gasteiger partial charge on any atom is 0.338 e. The topological polar surface area (TPSA) is 55.4 Å². The average Bonchev–Trinajstić information content (AvgIpc) is 2.50. The summed E-state index contributed by atoms with van der Waals surface area (Å²) >= 11 is 0. The summed E-state index contributed by atoms with van der Waals surface area (Å²) in [5.74, 6) is 0.0992. The fourth-order valence-corrected chi connectivity index (χ4v) is 2.85. The number of hydrogen-bond acceptors (Lipinski definition) is 3. The van der Waals surface area contributed by atoms with Crippen LogP contribution in [0.15, 0.2) is 18.2 Å². The van der Waals surface area contributed by atoms with Gasteiger partial charge in [-0.3, -0.25) is 4.79 Å². The Hall–Kier alpha value is -1.84. The van der Waals surface area contributed by atoms with Crippen LogP contribution in [0.2, 0.25) is 0 Å². The van der Waals surface area contributed by atoms with Crippen LogP contribution in [0.3, 0.4) is 0 Å². The molecule has 0 radical (unpaired) electrons. The predicted octanol–water partition coefficient (Wildman–Crippen LogP) is 3.16. The van der Waals surface area contributed by atoms with Crippen LogP contribution in [0.1, 0.15) is 54.1 Å². The van der Waals surface area contributed by atoms with Crippen molar-refractivity contribution in [2.45, 2.75) is 52.5 Å². The van der Waals surface area contributed by atoms with Gasteiger partial charge in [0.15, 0.2) is 6.61 Å². The van der Waals surface area contributed by atoms with E-state index in [1.807, 2.05) is 26.0 Å². The summed E-state index contributed by atoms with van der Waals surface area (Å²) in [5, 5.41) is 2.96. The summed E-state index contributed by atoms with van der Waals surface area (Å²) in [7, 11) is 0. The maximum atomic E-state index is 12.1. The van der Waals surface area contributed by atoms with Crippen molar-refractivity contribution in [2.24, 2.45) is 5.92 Å². The van der Waals surface area contributed by atoms with E-state index in [0.29, 0.717) is 5.56 Å². The van der Waals surface area contributed by atoms with Crippen molar-refractivity contribution in [3.05, 3.63) is 34.9 Å². The molecule has 1 N–H and O–H groups in total. The number of rotatable bonds is 4. The summed E-state index contributed by atoms with van der Waals surface area (Å²) in [6.45, 7) is 5.86. The molecule has 4 nitrogen and oxygen atoms in total. The van der Waals surface area contributed by atoms with Crippen molar-refractivity contribution in [3.63, 3.8) is 0 Å². The number of nitrogens with one attached hydrogen (secondary N) is 1. The first kappa shape index (κ1) is 16.5. The Kier molecular flexibility index (Phi) is 5.58. The van der Waals surface area contributed by atoms with Crippen molar-refractivity contribution in [1.29, 1.82) is 0 Å². The molecule has 0 aliphatic heterocycles. The Morgan fingerprint density at radius 2 is 1.86 bits per heavy atom. The van der Waals surface area contributed by atoms with Crippen LogP contribution in [0.4, 0.5) is 0 Å². The quantitative estimate of drug-likeness (QED) is 0.869. The van der Waals surface area contributed by atoms with E-state index in [2.05, 4.69) is 12.2 Å². The van der Waals surface area contributed by atoms with E-state index in [9.17, 15) is 9.59 Å². The van der Waals surface area contributed by atoms with Crippen LogP contribution >= 0.6 is 0 Å². The summed E-state index contributed by atoms with van der Waals surface area (Å²) < 4.78 is 5.14. The van der Waals surface area contributed by atoms with E-state index >= 15 is 0 Å². The average molecular weight is 303 g/mol. The molecule has 1 fully saturated rings. The number of amides is 1. The number of esters is 1. The Morgan fingerprint density at radius 3 is 2.55 bits per heavy atom. The van der Waals surface area contributed by atoms with Gasteiger partial charge in [-0.05, 0) is 62.6 Å². The molecule has 1 aromatic rings. The van der Waals surface area contributed by atoms with Crippen LogP contribution in [0.5, 0.6) is 0 Å². The first-order chi connectivity index (χ1) is 10.5. The molecule has 0 spiro atoms. The highest BCUT2D eigenvalue weighted by molar-refractivity contribution is 5.93. The summed E-state index contributed by atoms with van der Waals surface area (Å²) in [4.78, 5) is 23.9. The molecule has 0 heterocycles. The van der Waals surface area contributed by atoms with Gasteiger partial charge in [0.1, 0.15) is 0 Å². The molecule has 0 bridgehead atoms. The number of carbonyl (C=O) groups excluding carboxylic acids is 2. The van der Waals surface area contributed by atoms with Crippen LogP contribution < -0.4 is 5.32 Å². The largest absolute Gasteiger partial charge is 0.452 e. The van der Waals surface area contributed by atoms with Crippen molar-refractivity contribution >= 4 is 11.9 Å². The number of benzene rings is 1. The summed E-state index contributed by atoms with van der Waals surface area (Å²) in [6.07, 6.45) is 4.32. The number of ether oxygens (including phenoxy) is 1. The van der Waals surface area contributed by atoms with Crippen LogP contribution in [-0.4, -0.2) is 24.5 Å². The minimum Gasteiger partial charge on any atom is -0.452 e. The smallest absolute Gasteiger partial charge is 0.338 e. The molecule has 0 aromatic heterocycles. The monoisotopic (exact) mass is 303 g/mol. The number of aryl methyl sites for hydroxylation is 1. The van der Waals surface area contributed by atoms with Gasteiger partial charge in [0.25, 0.3) is 5.91 Å². The van der Waals surface area contributed by atoms with Gasteiger partial charge in [-0.1, -0.05) is 19.1 Å². The molecule has 22 heavy (non-hydrogen) atoms. The fraction of sp³-hybridized carbons (Fsp3) is 0.556. The third kappa shape index (κ3) is 4.33. The minimum absolute atomic E-state index is 0.210. The first-order valence-electron chi connectivity index (χ1n) is 8.00. The molecule has 1 aliphatic carbocycles. The van der Waals surface area contributed by atoms with Crippen molar-refractivity contribution in [3.8, 4) is 0 Å². The van der Waals surface area contributed by atoms with Gasteiger partial charge in [0.2, 0.25) is 0 Å². The normalized spacial score (nSPS) is 21.2. The van der Waals surface area contributed by atoms with Gasteiger partial charge in [-0.15, -0.1) is 0 Å². The number of carbonyl (C=O) groups is 2. The molecule has 0 saturated heterocycles. The van der Waals surface area contributed by atoms with Gasteiger partial charge in [-0.2, -0.15) is 0 Å².